The van der Waals surface area contributed by atoms with Gasteiger partial charge in [0, 0.05) is 12.5 Å². The SMILES string of the molecule is CCCC(CCN)CCC(=O)NC(C)C(=O)NC(C)C. The van der Waals surface area contributed by atoms with E-state index in [9.17, 15) is 9.59 Å². The molecular weight excluding hydrogens is 254 g/mol. The first-order chi connectivity index (χ1) is 9.40. The maximum Gasteiger partial charge on any atom is 0.242 e. The Labute approximate surface area is 123 Å². The summed E-state index contributed by atoms with van der Waals surface area (Å²) in [6.45, 7) is 8.31. The van der Waals surface area contributed by atoms with Crippen LogP contribution in [0.25, 0.3) is 0 Å². The standard InChI is InChI=1S/C15H31N3O2/c1-5-6-13(9-10-16)7-8-14(19)18-12(4)15(20)17-11(2)3/h11-13H,5-10,16H2,1-4H3,(H,17,20)(H,18,19). The van der Waals surface area contributed by atoms with Crippen molar-refractivity contribution < 1.29 is 9.59 Å². The number of nitrogens with two attached hydrogens (primary N) is 1. The zero-order valence-corrected chi connectivity index (χ0v) is 13.4. The van der Waals surface area contributed by atoms with Gasteiger partial charge in [-0.25, -0.2) is 0 Å². The second-order valence-corrected chi connectivity index (χ2v) is 5.72. The minimum Gasteiger partial charge on any atom is -0.352 e. The first-order valence-electron chi connectivity index (χ1n) is 7.70. The van der Waals surface area contributed by atoms with Crippen molar-refractivity contribution in [1.82, 2.24) is 10.6 Å². The molecule has 2 atom stereocenters. The first-order valence-corrected chi connectivity index (χ1v) is 7.70. The van der Waals surface area contributed by atoms with Crippen LogP contribution in [0.5, 0.6) is 0 Å². The summed E-state index contributed by atoms with van der Waals surface area (Å²) in [6, 6.07) is -0.399. The topological polar surface area (TPSA) is 84.2 Å². The lowest BCUT2D eigenvalue weighted by atomic mass is 9.94. The fourth-order valence-electron chi connectivity index (χ4n) is 2.20. The number of hydrogen-bond acceptors (Lipinski definition) is 3. The van der Waals surface area contributed by atoms with Crippen molar-refractivity contribution in [3.05, 3.63) is 0 Å². The van der Waals surface area contributed by atoms with Crippen molar-refractivity contribution in [1.29, 1.82) is 0 Å². The van der Waals surface area contributed by atoms with Crippen LogP contribution in [0.15, 0.2) is 0 Å². The maximum absolute atomic E-state index is 11.8. The Morgan fingerprint density at radius 3 is 2.20 bits per heavy atom. The minimum absolute atomic E-state index is 0.0606. The summed E-state index contributed by atoms with van der Waals surface area (Å²) < 4.78 is 0. The van der Waals surface area contributed by atoms with Gasteiger partial charge in [0.05, 0.1) is 0 Å². The number of amides is 2. The number of rotatable bonds is 10. The molecule has 0 aliphatic carbocycles. The van der Waals surface area contributed by atoms with Crippen LogP contribution < -0.4 is 16.4 Å². The molecule has 0 spiro atoms. The van der Waals surface area contributed by atoms with E-state index >= 15 is 0 Å². The third-order valence-electron chi connectivity index (χ3n) is 3.25. The molecule has 20 heavy (non-hydrogen) atoms. The molecule has 0 aliphatic heterocycles. The van der Waals surface area contributed by atoms with Gasteiger partial charge in [0.2, 0.25) is 11.8 Å². The Bertz CT molecular complexity index is 287. The number of carbonyl (C=O) groups is 2. The smallest absolute Gasteiger partial charge is 0.242 e. The molecule has 0 aliphatic rings. The molecule has 4 N–H and O–H groups in total. The molecule has 0 rings (SSSR count). The molecule has 2 amide bonds. The van der Waals surface area contributed by atoms with Gasteiger partial charge >= 0.3 is 0 Å². The van der Waals surface area contributed by atoms with Crippen LogP contribution in [0.4, 0.5) is 0 Å². The average molecular weight is 285 g/mol. The molecule has 0 saturated heterocycles. The fraction of sp³-hybridized carbons (Fsp3) is 0.867. The van der Waals surface area contributed by atoms with Crippen LogP contribution in [-0.4, -0.2) is 30.4 Å². The van der Waals surface area contributed by atoms with Crippen LogP contribution in [0.2, 0.25) is 0 Å². The van der Waals surface area contributed by atoms with Crippen molar-refractivity contribution in [2.24, 2.45) is 11.7 Å². The van der Waals surface area contributed by atoms with E-state index in [1.807, 2.05) is 13.8 Å². The molecular formula is C15H31N3O2. The predicted molar refractivity (Wildman–Crippen MR) is 82.2 cm³/mol. The van der Waals surface area contributed by atoms with Gasteiger partial charge < -0.3 is 16.4 Å². The average Bonchev–Trinajstić information content (AvgIpc) is 2.35. The minimum atomic E-state index is -0.482. The van der Waals surface area contributed by atoms with E-state index in [-0.39, 0.29) is 17.9 Å². The van der Waals surface area contributed by atoms with Crippen LogP contribution >= 0.6 is 0 Å². The quantitative estimate of drug-likeness (QED) is 0.569. The summed E-state index contributed by atoms with van der Waals surface area (Å²) in [5.41, 5.74) is 5.58. The van der Waals surface area contributed by atoms with E-state index in [0.29, 0.717) is 18.9 Å². The molecule has 0 aromatic carbocycles. The Hall–Kier alpha value is -1.10. The molecule has 0 saturated carbocycles. The second kappa shape index (κ2) is 10.7. The van der Waals surface area contributed by atoms with Gasteiger partial charge in [-0.3, -0.25) is 9.59 Å². The lowest BCUT2D eigenvalue weighted by molar-refractivity contribution is -0.129. The van der Waals surface area contributed by atoms with Gasteiger partial charge in [0.25, 0.3) is 0 Å². The zero-order chi connectivity index (χ0) is 15.5. The molecule has 2 unspecified atom stereocenters. The molecule has 0 aromatic heterocycles. The monoisotopic (exact) mass is 285 g/mol. The third-order valence-corrected chi connectivity index (χ3v) is 3.25. The Morgan fingerprint density at radius 2 is 1.70 bits per heavy atom. The Kier molecular flexibility index (Phi) is 10.1. The van der Waals surface area contributed by atoms with Crippen LogP contribution in [0, 0.1) is 5.92 Å². The van der Waals surface area contributed by atoms with Crippen LogP contribution in [0.3, 0.4) is 0 Å². The molecule has 5 nitrogen and oxygen atoms in total. The molecule has 0 radical (unpaired) electrons. The Morgan fingerprint density at radius 1 is 1.05 bits per heavy atom. The van der Waals surface area contributed by atoms with Gasteiger partial charge in [-0.15, -0.1) is 0 Å². The van der Waals surface area contributed by atoms with Crippen LogP contribution in [-0.2, 0) is 9.59 Å². The van der Waals surface area contributed by atoms with E-state index in [1.54, 1.807) is 6.92 Å². The van der Waals surface area contributed by atoms with E-state index in [2.05, 4.69) is 17.6 Å². The highest BCUT2D eigenvalue weighted by atomic mass is 16.2. The lowest BCUT2D eigenvalue weighted by Gasteiger charge is -2.18. The van der Waals surface area contributed by atoms with E-state index in [0.717, 1.165) is 25.7 Å². The third kappa shape index (κ3) is 8.91. The summed E-state index contributed by atoms with van der Waals surface area (Å²) in [4.78, 5) is 23.5. The van der Waals surface area contributed by atoms with Gasteiger partial charge in [-0.1, -0.05) is 19.8 Å². The van der Waals surface area contributed by atoms with E-state index in [1.165, 1.54) is 0 Å². The van der Waals surface area contributed by atoms with Crippen molar-refractivity contribution in [3.63, 3.8) is 0 Å². The highest BCUT2D eigenvalue weighted by molar-refractivity contribution is 5.87. The molecule has 118 valence electrons. The Balaban J connectivity index is 4.05. The maximum atomic E-state index is 11.8. The van der Waals surface area contributed by atoms with Gasteiger partial charge in [-0.05, 0) is 46.1 Å². The highest BCUT2D eigenvalue weighted by Crippen LogP contribution is 2.16. The van der Waals surface area contributed by atoms with Crippen LogP contribution in [0.1, 0.15) is 59.8 Å². The van der Waals surface area contributed by atoms with Gasteiger partial charge in [0.1, 0.15) is 6.04 Å². The van der Waals surface area contributed by atoms with Crippen molar-refractivity contribution in [3.8, 4) is 0 Å². The summed E-state index contributed by atoms with van der Waals surface area (Å²) >= 11 is 0. The number of nitrogens with one attached hydrogen (secondary N) is 2. The summed E-state index contributed by atoms with van der Waals surface area (Å²) in [7, 11) is 0. The first kappa shape index (κ1) is 18.9. The number of hydrogen-bond donors (Lipinski definition) is 3. The van der Waals surface area contributed by atoms with Gasteiger partial charge in [-0.2, -0.15) is 0 Å². The molecule has 0 heterocycles. The summed E-state index contributed by atoms with van der Waals surface area (Å²) in [5.74, 6) is 0.311. The summed E-state index contributed by atoms with van der Waals surface area (Å²) in [5, 5.41) is 5.53. The van der Waals surface area contributed by atoms with E-state index < -0.39 is 6.04 Å². The molecule has 0 aromatic rings. The van der Waals surface area contributed by atoms with Crippen molar-refractivity contribution >= 4 is 11.8 Å². The lowest BCUT2D eigenvalue weighted by Crippen LogP contribution is -2.46. The van der Waals surface area contributed by atoms with Crippen molar-refractivity contribution in [2.75, 3.05) is 6.54 Å². The predicted octanol–water partition coefficient (Wildman–Crippen LogP) is 1.56. The largest absolute Gasteiger partial charge is 0.352 e. The highest BCUT2D eigenvalue weighted by Gasteiger charge is 2.17. The van der Waals surface area contributed by atoms with E-state index in [4.69, 9.17) is 5.73 Å². The fourth-order valence-corrected chi connectivity index (χ4v) is 2.20. The molecule has 0 bridgehead atoms. The summed E-state index contributed by atoms with van der Waals surface area (Å²) in [6.07, 6.45) is 4.48. The molecule has 0 fully saturated rings. The molecule has 5 heteroatoms. The second-order valence-electron chi connectivity index (χ2n) is 5.72. The normalized spacial score (nSPS) is 13.9. The number of carbonyl (C=O) groups excluding carboxylic acids is 2. The zero-order valence-electron chi connectivity index (χ0n) is 13.4. The van der Waals surface area contributed by atoms with Gasteiger partial charge in [0.15, 0.2) is 0 Å². The van der Waals surface area contributed by atoms with Crippen molar-refractivity contribution in [2.45, 2.75) is 71.9 Å².